The number of carbonyl (C=O) groups is 1. The number of amides is 1. The minimum atomic E-state index is -0.672. The summed E-state index contributed by atoms with van der Waals surface area (Å²) in [6.07, 6.45) is 2.12. The first-order valence-corrected chi connectivity index (χ1v) is 14.2. The van der Waals surface area contributed by atoms with Crippen LogP contribution in [-0.4, -0.2) is 46.9 Å². The van der Waals surface area contributed by atoms with Gasteiger partial charge in [0, 0.05) is 35.2 Å². The second-order valence-corrected chi connectivity index (χ2v) is 11.3. The Kier molecular flexibility index (Phi) is 10.0. The van der Waals surface area contributed by atoms with E-state index in [4.69, 9.17) is 9.47 Å². The van der Waals surface area contributed by atoms with Gasteiger partial charge in [0.25, 0.3) is 0 Å². The van der Waals surface area contributed by atoms with E-state index in [-0.39, 0.29) is 17.9 Å². The van der Waals surface area contributed by atoms with Crippen molar-refractivity contribution >= 4 is 5.91 Å². The van der Waals surface area contributed by atoms with Crippen molar-refractivity contribution < 1.29 is 19.4 Å². The third-order valence-electron chi connectivity index (χ3n) is 7.46. The van der Waals surface area contributed by atoms with Crippen molar-refractivity contribution in [3.05, 3.63) is 107 Å². The summed E-state index contributed by atoms with van der Waals surface area (Å²) in [6.45, 7) is 9.07. The zero-order valence-corrected chi connectivity index (χ0v) is 25.4. The van der Waals surface area contributed by atoms with Gasteiger partial charge in [-0.3, -0.25) is 4.79 Å². The Balaban J connectivity index is 1.26. The van der Waals surface area contributed by atoms with Gasteiger partial charge in [0.05, 0.1) is 38.9 Å². The highest BCUT2D eigenvalue weighted by atomic mass is 16.5. The molecule has 0 aliphatic rings. The molecular formula is C34H42N4O4. The van der Waals surface area contributed by atoms with Crippen LogP contribution < -0.4 is 20.1 Å². The van der Waals surface area contributed by atoms with Crippen LogP contribution in [0, 0.1) is 13.8 Å². The fraction of sp³-hybridized carbons (Fsp3) is 0.353. The molecule has 0 fully saturated rings. The monoisotopic (exact) mass is 570 g/mol. The van der Waals surface area contributed by atoms with Crippen molar-refractivity contribution in [2.24, 2.45) is 0 Å². The molecule has 2 heterocycles. The van der Waals surface area contributed by atoms with E-state index in [9.17, 15) is 9.90 Å². The number of ether oxygens (including phenoxy) is 2. The van der Waals surface area contributed by atoms with E-state index in [2.05, 4.69) is 72.1 Å². The van der Waals surface area contributed by atoms with Crippen molar-refractivity contribution in [1.82, 2.24) is 20.2 Å². The number of aromatic nitrogens is 2. The number of hydrogen-bond donors (Lipinski definition) is 3. The second-order valence-electron chi connectivity index (χ2n) is 11.3. The molecule has 0 saturated carbocycles. The number of hydrogen-bond acceptors (Lipinski definition) is 6. The average molecular weight is 571 g/mol. The number of rotatable bonds is 13. The van der Waals surface area contributed by atoms with E-state index < -0.39 is 6.10 Å². The van der Waals surface area contributed by atoms with Crippen molar-refractivity contribution in [2.45, 2.75) is 58.7 Å². The predicted molar refractivity (Wildman–Crippen MR) is 165 cm³/mol. The molecule has 0 bridgehead atoms. The van der Waals surface area contributed by atoms with Gasteiger partial charge in [0.15, 0.2) is 0 Å². The van der Waals surface area contributed by atoms with Crippen LogP contribution >= 0.6 is 0 Å². The zero-order chi connectivity index (χ0) is 30.3. The molecule has 222 valence electrons. The topological polar surface area (TPSA) is 97.6 Å². The number of carbonyl (C=O) groups excluding carboxylic acids is 1. The van der Waals surface area contributed by atoms with Gasteiger partial charge in [-0.2, -0.15) is 0 Å². The highest BCUT2D eigenvalue weighted by Gasteiger charge is 2.20. The number of aryl methyl sites for hydroxylation is 2. The number of β-amino-alcohol motifs (C(OH)–C–C–N with tert-alkyl or cyclic N) is 1. The van der Waals surface area contributed by atoms with Gasteiger partial charge in [0.1, 0.15) is 17.3 Å². The maximum Gasteiger partial charge on any atom is 0.224 e. The SMILES string of the molecule is COc1cccc(OC)c1CNC(=O)Cc1ccc(CC(C)(C)NC[C@@H](O)c2ccc(-n3c(C)ccc3C)nc2)cc1. The first kappa shape index (κ1) is 30.8. The minimum Gasteiger partial charge on any atom is -0.496 e. The molecule has 2 aromatic carbocycles. The quantitative estimate of drug-likeness (QED) is 0.209. The molecule has 0 aliphatic carbocycles. The number of benzene rings is 2. The van der Waals surface area contributed by atoms with Gasteiger partial charge in [-0.15, -0.1) is 0 Å². The van der Waals surface area contributed by atoms with Crippen LogP contribution in [0.3, 0.4) is 0 Å². The maximum absolute atomic E-state index is 12.6. The summed E-state index contributed by atoms with van der Waals surface area (Å²) in [6, 6.07) is 21.7. The summed E-state index contributed by atoms with van der Waals surface area (Å²) in [4.78, 5) is 17.2. The van der Waals surface area contributed by atoms with Gasteiger partial charge < -0.3 is 29.8 Å². The molecule has 1 amide bonds. The van der Waals surface area contributed by atoms with Crippen LogP contribution in [0.5, 0.6) is 11.5 Å². The lowest BCUT2D eigenvalue weighted by Crippen LogP contribution is -2.43. The maximum atomic E-state index is 12.6. The van der Waals surface area contributed by atoms with Gasteiger partial charge in [-0.25, -0.2) is 4.98 Å². The standard InChI is InChI=1S/C34H42N4O4/c1-23-10-11-24(2)38(23)32-17-16-27(20-35-32)29(39)22-37-34(3,4)19-26-14-12-25(13-15-26)18-33(40)36-21-28-30(41-5)8-7-9-31(28)42-6/h7-17,20,29,37,39H,18-19,21-22H2,1-6H3,(H,36,40)/t29-/m1/s1. The van der Waals surface area contributed by atoms with Gasteiger partial charge in [-0.1, -0.05) is 36.4 Å². The fourth-order valence-electron chi connectivity index (χ4n) is 5.13. The Bertz CT molecular complexity index is 1430. The van der Waals surface area contributed by atoms with Crippen LogP contribution in [0.15, 0.2) is 72.9 Å². The van der Waals surface area contributed by atoms with Crippen molar-refractivity contribution in [2.75, 3.05) is 20.8 Å². The van der Waals surface area contributed by atoms with Crippen LogP contribution in [0.1, 0.15) is 53.6 Å². The van der Waals surface area contributed by atoms with E-state index in [0.717, 1.165) is 45.9 Å². The Hall–Kier alpha value is -4.14. The molecule has 1 atom stereocenters. The van der Waals surface area contributed by atoms with Crippen LogP contribution in [0.25, 0.3) is 5.82 Å². The van der Waals surface area contributed by atoms with Crippen molar-refractivity contribution in [3.63, 3.8) is 0 Å². The molecular weight excluding hydrogens is 528 g/mol. The molecule has 4 aromatic rings. The summed E-state index contributed by atoms with van der Waals surface area (Å²) < 4.78 is 12.9. The Morgan fingerprint density at radius 1 is 0.929 bits per heavy atom. The summed E-state index contributed by atoms with van der Waals surface area (Å²) in [5, 5.41) is 17.3. The van der Waals surface area contributed by atoms with Crippen LogP contribution in [-0.2, 0) is 24.2 Å². The molecule has 3 N–H and O–H groups in total. The molecule has 8 heteroatoms. The van der Waals surface area contributed by atoms with E-state index in [1.807, 2.05) is 42.5 Å². The van der Waals surface area contributed by atoms with E-state index >= 15 is 0 Å². The van der Waals surface area contributed by atoms with Crippen molar-refractivity contribution in [1.29, 1.82) is 0 Å². The van der Waals surface area contributed by atoms with Crippen LogP contribution in [0.2, 0.25) is 0 Å². The van der Waals surface area contributed by atoms with Gasteiger partial charge in [0.2, 0.25) is 5.91 Å². The molecule has 0 saturated heterocycles. The number of methoxy groups -OCH3 is 2. The van der Waals surface area contributed by atoms with Crippen molar-refractivity contribution in [3.8, 4) is 17.3 Å². The van der Waals surface area contributed by atoms with E-state index in [0.29, 0.717) is 24.6 Å². The summed E-state index contributed by atoms with van der Waals surface area (Å²) in [5.41, 5.74) is 5.66. The van der Waals surface area contributed by atoms with Crippen LogP contribution in [0.4, 0.5) is 0 Å². The third-order valence-corrected chi connectivity index (χ3v) is 7.46. The average Bonchev–Trinajstić information content (AvgIpc) is 3.32. The lowest BCUT2D eigenvalue weighted by molar-refractivity contribution is -0.120. The van der Waals surface area contributed by atoms with E-state index in [1.165, 1.54) is 0 Å². The van der Waals surface area contributed by atoms with Gasteiger partial charge in [-0.05, 0) is 75.6 Å². The molecule has 42 heavy (non-hydrogen) atoms. The molecule has 0 aliphatic heterocycles. The Morgan fingerprint density at radius 3 is 2.12 bits per heavy atom. The molecule has 8 nitrogen and oxygen atoms in total. The summed E-state index contributed by atoms with van der Waals surface area (Å²) >= 11 is 0. The first-order valence-electron chi connectivity index (χ1n) is 14.2. The van der Waals surface area contributed by atoms with Gasteiger partial charge >= 0.3 is 0 Å². The molecule has 0 unspecified atom stereocenters. The molecule has 0 radical (unpaired) electrons. The molecule has 4 rings (SSSR count). The predicted octanol–water partition coefficient (Wildman–Crippen LogP) is 5.01. The zero-order valence-electron chi connectivity index (χ0n) is 25.4. The lowest BCUT2D eigenvalue weighted by atomic mass is 9.93. The second kappa shape index (κ2) is 13.7. The smallest absolute Gasteiger partial charge is 0.224 e. The molecule has 2 aromatic heterocycles. The summed E-state index contributed by atoms with van der Waals surface area (Å²) in [5.74, 6) is 2.12. The highest BCUT2D eigenvalue weighted by molar-refractivity contribution is 5.78. The minimum absolute atomic E-state index is 0.0761. The fourth-order valence-corrected chi connectivity index (χ4v) is 5.13. The lowest BCUT2D eigenvalue weighted by Gasteiger charge is -2.28. The highest BCUT2D eigenvalue weighted by Crippen LogP contribution is 2.28. The third kappa shape index (κ3) is 7.78. The van der Waals surface area contributed by atoms with E-state index in [1.54, 1.807) is 20.4 Å². The normalized spacial score (nSPS) is 12.2. The largest absolute Gasteiger partial charge is 0.496 e. The molecule has 0 spiro atoms. The number of nitrogens with one attached hydrogen (secondary N) is 2. The Morgan fingerprint density at radius 2 is 1.55 bits per heavy atom. The summed E-state index contributed by atoms with van der Waals surface area (Å²) in [7, 11) is 3.20. The Labute approximate surface area is 248 Å². The first-order chi connectivity index (χ1) is 20.1. The number of aliphatic hydroxyl groups excluding tert-OH is 1. The number of nitrogens with zero attached hydrogens (tertiary/aromatic N) is 2. The number of aliphatic hydroxyl groups is 1. The number of pyridine rings is 1.